The third-order valence-corrected chi connectivity index (χ3v) is 3.92. The fourth-order valence-electron chi connectivity index (χ4n) is 2.35. The molecule has 1 aromatic carbocycles. The number of ketones is 1. The Kier molecular flexibility index (Phi) is 5.92. The molecule has 0 saturated carbocycles. The molecule has 0 spiro atoms. The molecule has 6 heteroatoms. The van der Waals surface area contributed by atoms with Gasteiger partial charge in [-0.1, -0.05) is 11.6 Å². The molecule has 3 rings (SSSR count). The fraction of sp³-hybridized carbons (Fsp3) is 0.200. The van der Waals surface area contributed by atoms with Crippen LogP contribution in [-0.4, -0.2) is 23.9 Å². The first-order chi connectivity index (χ1) is 12.6. The number of ether oxygens (including phenoxy) is 2. The number of benzene rings is 1. The number of carbonyl (C=O) groups is 1. The van der Waals surface area contributed by atoms with Gasteiger partial charge in [-0.3, -0.25) is 9.78 Å². The molecule has 1 aliphatic heterocycles. The Balaban J connectivity index is 1.51. The van der Waals surface area contributed by atoms with Crippen LogP contribution in [0.1, 0.15) is 12.6 Å². The van der Waals surface area contributed by atoms with Crippen LogP contribution in [0.15, 0.2) is 66.7 Å². The molecule has 0 atom stereocenters. The lowest BCUT2D eigenvalue weighted by Crippen LogP contribution is -2.19. The number of hydrogen-bond donors (Lipinski definition) is 0. The summed E-state index contributed by atoms with van der Waals surface area (Å²) < 4.78 is 11.1. The lowest BCUT2D eigenvalue weighted by atomic mass is 10.2. The van der Waals surface area contributed by atoms with Crippen molar-refractivity contribution >= 4 is 23.1 Å². The van der Waals surface area contributed by atoms with E-state index in [1.807, 2.05) is 48.7 Å². The molecule has 0 radical (unpaired) electrons. The number of nitrogens with zero attached hydrogens (tertiary/aromatic N) is 2. The smallest absolute Gasteiger partial charge is 0.167 e. The number of anilines is 1. The number of Topliss-reactive ketones (excluding diaryl/α,β-unsaturated/α-hetero) is 1. The zero-order valence-electron chi connectivity index (χ0n) is 14.4. The Morgan fingerprint density at radius 2 is 2.00 bits per heavy atom. The number of aromatic nitrogens is 1. The molecule has 2 heterocycles. The van der Waals surface area contributed by atoms with Crippen LogP contribution in [0, 0.1) is 0 Å². The molecular weight excluding hydrogens is 352 g/mol. The Hall–Kier alpha value is -2.79. The van der Waals surface area contributed by atoms with Crippen molar-refractivity contribution in [2.45, 2.75) is 13.5 Å². The van der Waals surface area contributed by atoms with Gasteiger partial charge in [-0.15, -0.1) is 0 Å². The monoisotopic (exact) mass is 370 g/mol. The molecule has 26 heavy (non-hydrogen) atoms. The predicted molar refractivity (Wildman–Crippen MR) is 101 cm³/mol. The third kappa shape index (κ3) is 5.10. The maximum absolute atomic E-state index is 11.0. The van der Waals surface area contributed by atoms with E-state index in [0.29, 0.717) is 23.9 Å². The summed E-state index contributed by atoms with van der Waals surface area (Å²) >= 11 is 5.82. The second kappa shape index (κ2) is 8.54. The highest BCUT2D eigenvalue weighted by Gasteiger charge is 2.09. The van der Waals surface area contributed by atoms with Gasteiger partial charge >= 0.3 is 0 Å². The first kappa shape index (κ1) is 18.0. The summed E-state index contributed by atoms with van der Waals surface area (Å²) in [7, 11) is 0. The molecular formula is C20H19ClN2O3. The summed E-state index contributed by atoms with van der Waals surface area (Å²) in [5, 5.41) is 0.610. The molecule has 2 aromatic rings. The number of pyridine rings is 1. The number of rotatable bonds is 7. The lowest BCUT2D eigenvalue weighted by Gasteiger charge is -2.23. The van der Waals surface area contributed by atoms with E-state index in [9.17, 15) is 4.79 Å². The van der Waals surface area contributed by atoms with E-state index < -0.39 is 0 Å². The fourth-order valence-corrected chi connectivity index (χ4v) is 2.46. The van der Waals surface area contributed by atoms with Gasteiger partial charge in [0.1, 0.15) is 24.7 Å². The molecule has 0 fully saturated rings. The summed E-state index contributed by atoms with van der Waals surface area (Å²) in [6.45, 7) is 2.69. The van der Waals surface area contributed by atoms with E-state index in [2.05, 4.69) is 9.88 Å². The molecule has 0 unspecified atom stereocenters. The second-order valence-electron chi connectivity index (χ2n) is 5.82. The van der Waals surface area contributed by atoms with Crippen LogP contribution in [-0.2, 0) is 16.1 Å². The quantitative estimate of drug-likeness (QED) is 0.733. The minimum absolute atomic E-state index is 0.000456. The Labute approximate surface area is 157 Å². The highest BCUT2D eigenvalue weighted by Crippen LogP contribution is 2.22. The minimum atomic E-state index is -0.000456. The molecule has 0 bridgehead atoms. The minimum Gasteiger partial charge on any atom is -0.488 e. The zero-order valence-corrected chi connectivity index (χ0v) is 15.1. The second-order valence-corrected chi connectivity index (χ2v) is 6.25. The number of hydrogen-bond acceptors (Lipinski definition) is 5. The number of carbonyl (C=O) groups excluding carboxylic acids is 1. The maximum atomic E-state index is 11.0. The van der Waals surface area contributed by atoms with Crippen molar-refractivity contribution in [1.82, 2.24) is 4.98 Å². The van der Waals surface area contributed by atoms with Crippen LogP contribution in [0.5, 0.6) is 5.75 Å². The van der Waals surface area contributed by atoms with Crippen molar-refractivity contribution in [3.63, 3.8) is 0 Å². The van der Waals surface area contributed by atoms with E-state index >= 15 is 0 Å². The van der Waals surface area contributed by atoms with E-state index in [1.54, 1.807) is 12.3 Å². The normalized spacial score (nSPS) is 13.3. The molecule has 0 aliphatic carbocycles. The van der Waals surface area contributed by atoms with Gasteiger partial charge < -0.3 is 14.4 Å². The number of allylic oxidation sites excluding steroid dienone is 1. The molecule has 1 aromatic heterocycles. The van der Waals surface area contributed by atoms with Gasteiger partial charge in [0.2, 0.25) is 0 Å². The van der Waals surface area contributed by atoms with Gasteiger partial charge in [-0.25, -0.2) is 0 Å². The SMILES string of the molecule is CC(=O)COc1ccc(N2C=CC(OCc3ccc(Cl)cn3)=CC2)cc1. The number of halogens is 1. The van der Waals surface area contributed by atoms with Crippen LogP contribution in [0.2, 0.25) is 5.02 Å². The first-order valence-corrected chi connectivity index (χ1v) is 8.58. The van der Waals surface area contributed by atoms with Crippen LogP contribution >= 0.6 is 11.6 Å². The Morgan fingerprint density at radius 1 is 1.19 bits per heavy atom. The van der Waals surface area contributed by atoms with Crippen molar-refractivity contribution < 1.29 is 14.3 Å². The van der Waals surface area contributed by atoms with Gasteiger partial charge in [-0.05, 0) is 55.5 Å². The Bertz CT molecular complexity index is 814. The predicted octanol–water partition coefficient (Wildman–Crippen LogP) is 4.14. The van der Waals surface area contributed by atoms with Crippen molar-refractivity contribution in [2.75, 3.05) is 18.1 Å². The van der Waals surface area contributed by atoms with Gasteiger partial charge in [-0.2, -0.15) is 0 Å². The largest absolute Gasteiger partial charge is 0.488 e. The first-order valence-electron chi connectivity index (χ1n) is 8.21. The van der Waals surface area contributed by atoms with Crippen molar-refractivity contribution in [3.05, 3.63) is 77.4 Å². The van der Waals surface area contributed by atoms with Gasteiger partial charge in [0.15, 0.2) is 5.78 Å². The molecule has 1 aliphatic rings. The third-order valence-electron chi connectivity index (χ3n) is 3.69. The van der Waals surface area contributed by atoms with Crippen LogP contribution in [0.3, 0.4) is 0 Å². The summed E-state index contributed by atoms with van der Waals surface area (Å²) in [5.41, 5.74) is 1.86. The average Bonchev–Trinajstić information content (AvgIpc) is 2.67. The zero-order chi connectivity index (χ0) is 18.4. The maximum Gasteiger partial charge on any atom is 0.167 e. The van der Waals surface area contributed by atoms with Crippen molar-refractivity contribution in [3.8, 4) is 5.75 Å². The van der Waals surface area contributed by atoms with E-state index in [4.69, 9.17) is 21.1 Å². The summed E-state index contributed by atoms with van der Waals surface area (Å²) in [6.07, 6.45) is 7.50. The highest BCUT2D eigenvalue weighted by molar-refractivity contribution is 6.30. The van der Waals surface area contributed by atoms with Crippen molar-refractivity contribution in [1.29, 1.82) is 0 Å². The lowest BCUT2D eigenvalue weighted by molar-refractivity contribution is -0.118. The Morgan fingerprint density at radius 3 is 2.62 bits per heavy atom. The summed E-state index contributed by atoms with van der Waals surface area (Å²) in [6, 6.07) is 11.3. The van der Waals surface area contributed by atoms with E-state index in [1.165, 1.54) is 6.92 Å². The van der Waals surface area contributed by atoms with Crippen LogP contribution < -0.4 is 9.64 Å². The van der Waals surface area contributed by atoms with Crippen LogP contribution in [0.25, 0.3) is 0 Å². The average molecular weight is 371 g/mol. The molecule has 0 N–H and O–H groups in total. The molecule has 134 valence electrons. The van der Waals surface area contributed by atoms with Gasteiger partial charge in [0.05, 0.1) is 10.7 Å². The van der Waals surface area contributed by atoms with E-state index in [-0.39, 0.29) is 12.4 Å². The van der Waals surface area contributed by atoms with E-state index in [0.717, 1.165) is 17.1 Å². The van der Waals surface area contributed by atoms with Gasteiger partial charge in [0, 0.05) is 24.6 Å². The molecule has 0 saturated heterocycles. The molecule has 5 nitrogen and oxygen atoms in total. The van der Waals surface area contributed by atoms with Crippen molar-refractivity contribution in [2.24, 2.45) is 0 Å². The summed E-state index contributed by atoms with van der Waals surface area (Å²) in [4.78, 5) is 17.2. The van der Waals surface area contributed by atoms with Gasteiger partial charge in [0.25, 0.3) is 0 Å². The highest BCUT2D eigenvalue weighted by atomic mass is 35.5. The molecule has 0 amide bonds. The standard InChI is InChI=1S/C20H19ClN2O3/c1-15(24)13-25-19-6-4-18(5-7-19)23-10-8-20(9-11-23)26-14-17-3-2-16(21)12-22-17/h2-10,12H,11,13-14H2,1H3. The van der Waals surface area contributed by atoms with Crippen LogP contribution in [0.4, 0.5) is 5.69 Å². The topological polar surface area (TPSA) is 51.7 Å². The summed E-state index contributed by atoms with van der Waals surface area (Å²) in [5.74, 6) is 1.49.